The zero-order valence-electron chi connectivity index (χ0n) is 18.1. The van der Waals surface area contributed by atoms with Crippen LogP contribution in [0.4, 0.5) is 0 Å². The van der Waals surface area contributed by atoms with Crippen molar-refractivity contribution in [3.8, 4) is 16.9 Å². The van der Waals surface area contributed by atoms with E-state index in [0.717, 1.165) is 11.3 Å². The molecule has 1 aliphatic carbocycles. The number of rotatable bonds is 8. The fourth-order valence-corrected chi connectivity index (χ4v) is 4.39. The second kappa shape index (κ2) is 9.82. The van der Waals surface area contributed by atoms with E-state index in [1.807, 2.05) is 24.3 Å². The van der Waals surface area contributed by atoms with E-state index < -0.39 is 5.97 Å². The molecule has 0 saturated heterocycles. The molecule has 3 nitrogen and oxygen atoms in total. The maximum absolute atomic E-state index is 10.8. The third kappa shape index (κ3) is 5.35. The van der Waals surface area contributed by atoms with Gasteiger partial charge in [-0.2, -0.15) is 0 Å². The first-order chi connectivity index (χ1) is 15.1. The fourth-order valence-electron chi connectivity index (χ4n) is 4.39. The minimum absolute atomic E-state index is 0.193. The number of aryl methyl sites for hydroxylation is 2. The standard InChI is InChI=1S/C28H30O3/c1-20(10-17-28(29)30)21-13-15-26(16-14-21)31-19-25-8-4-5-9-27(25)24-12-11-22-6-2-3-7-23(22)18-24/h4-5,8-9,11-16,18,20H,2-3,6-7,10,17,19H2,1H3,(H,29,30). The minimum Gasteiger partial charge on any atom is -0.489 e. The Morgan fingerprint density at radius 1 is 0.968 bits per heavy atom. The van der Waals surface area contributed by atoms with E-state index in [2.05, 4.69) is 49.4 Å². The van der Waals surface area contributed by atoms with Gasteiger partial charge in [0.05, 0.1) is 0 Å². The van der Waals surface area contributed by atoms with Crippen LogP contribution in [0.5, 0.6) is 5.75 Å². The molecule has 0 saturated carbocycles. The number of hydrogen-bond donors (Lipinski definition) is 1. The second-order valence-electron chi connectivity index (χ2n) is 8.54. The molecule has 0 fully saturated rings. The molecule has 4 rings (SSSR count). The number of ether oxygens (including phenoxy) is 1. The molecule has 1 unspecified atom stereocenters. The topological polar surface area (TPSA) is 46.5 Å². The van der Waals surface area contributed by atoms with Crippen LogP contribution >= 0.6 is 0 Å². The second-order valence-corrected chi connectivity index (χ2v) is 8.54. The van der Waals surface area contributed by atoms with Gasteiger partial charge in [-0.15, -0.1) is 0 Å². The summed E-state index contributed by atoms with van der Waals surface area (Å²) in [5.74, 6) is 0.300. The number of hydrogen-bond acceptors (Lipinski definition) is 2. The molecule has 0 radical (unpaired) electrons. The van der Waals surface area contributed by atoms with Crippen LogP contribution in [-0.4, -0.2) is 11.1 Å². The van der Waals surface area contributed by atoms with E-state index in [1.54, 1.807) is 0 Å². The van der Waals surface area contributed by atoms with E-state index in [9.17, 15) is 4.79 Å². The Bertz CT molecular complexity index is 1040. The van der Waals surface area contributed by atoms with Crippen LogP contribution < -0.4 is 4.74 Å². The number of benzene rings is 3. The third-order valence-electron chi connectivity index (χ3n) is 6.31. The summed E-state index contributed by atoms with van der Waals surface area (Å²) >= 11 is 0. The maximum Gasteiger partial charge on any atom is 0.303 e. The Morgan fingerprint density at radius 2 is 1.71 bits per heavy atom. The number of carboxylic acid groups (broad SMARTS) is 1. The van der Waals surface area contributed by atoms with E-state index in [-0.39, 0.29) is 12.3 Å². The molecule has 0 amide bonds. The quantitative estimate of drug-likeness (QED) is 0.442. The largest absolute Gasteiger partial charge is 0.489 e. The molecule has 0 spiro atoms. The monoisotopic (exact) mass is 414 g/mol. The molecular formula is C28H30O3. The molecule has 0 bridgehead atoms. The van der Waals surface area contributed by atoms with Gasteiger partial charge in [-0.3, -0.25) is 4.79 Å². The van der Waals surface area contributed by atoms with Gasteiger partial charge in [-0.25, -0.2) is 0 Å². The van der Waals surface area contributed by atoms with Gasteiger partial charge in [0.25, 0.3) is 0 Å². The fraction of sp³-hybridized carbons (Fsp3) is 0.321. The van der Waals surface area contributed by atoms with Crippen molar-refractivity contribution in [1.82, 2.24) is 0 Å². The lowest BCUT2D eigenvalue weighted by Crippen LogP contribution is -2.03. The van der Waals surface area contributed by atoms with Crippen molar-refractivity contribution in [2.75, 3.05) is 0 Å². The van der Waals surface area contributed by atoms with Crippen molar-refractivity contribution >= 4 is 5.97 Å². The van der Waals surface area contributed by atoms with Gasteiger partial charge in [-0.05, 0) is 83.5 Å². The van der Waals surface area contributed by atoms with Crippen LogP contribution in [-0.2, 0) is 24.2 Å². The highest BCUT2D eigenvalue weighted by molar-refractivity contribution is 5.69. The van der Waals surface area contributed by atoms with Crippen LogP contribution in [0.3, 0.4) is 0 Å². The molecule has 1 atom stereocenters. The van der Waals surface area contributed by atoms with E-state index in [4.69, 9.17) is 9.84 Å². The smallest absolute Gasteiger partial charge is 0.303 e. The molecular weight excluding hydrogens is 384 g/mol. The van der Waals surface area contributed by atoms with Gasteiger partial charge in [-0.1, -0.05) is 61.5 Å². The van der Waals surface area contributed by atoms with Crippen LogP contribution in [0.2, 0.25) is 0 Å². The van der Waals surface area contributed by atoms with Crippen molar-refractivity contribution in [1.29, 1.82) is 0 Å². The predicted octanol–water partition coefficient (Wildman–Crippen LogP) is 6.78. The van der Waals surface area contributed by atoms with E-state index in [1.165, 1.54) is 53.5 Å². The summed E-state index contributed by atoms with van der Waals surface area (Å²) in [4.78, 5) is 10.8. The summed E-state index contributed by atoms with van der Waals surface area (Å²) in [7, 11) is 0. The molecule has 0 aromatic heterocycles. The van der Waals surface area contributed by atoms with Crippen molar-refractivity contribution in [2.24, 2.45) is 0 Å². The van der Waals surface area contributed by atoms with E-state index in [0.29, 0.717) is 13.0 Å². The average molecular weight is 415 g/mol. The van der Waals surface area contributed by atoms with Crippen molar-refractivity contribution in [3.05, 3.63) is 89.0 Å². The first-order valence-electron chi connectivity index (χ1n) is 11.2. The number of carbonyl (C=O) groups is 1. The Morgan fingerprint density at radius 3 is 2.48 bits per heavy atom. The van der Waals surface area contributed by atoms with E-state index >= 15 is 0 Å². The number of fused-ring (bicyclic) bond motifs is 1. The van der Waals surface area contributed by atoms with Gasteiger partial charge < -0.3 is 9.84 Å². The van der Waals surface area contributed by atoms with Gasteiger partial charge in [0.2, 0.25) is 0 Å². The van der Waals surface area contributed by atoms with Crippen molar-refractivity contribution < 1.29 is 14.6 Å². The van der Waals surface area contributed by atoms with Crippen molar-refractivity contribution in [3.63, 3.8) is 0 Å². The third-order valence-corrected chi connectivity index (χ3v) is 6.31. The van der Waals surface area contributed by atoms with Crippen LogP contribution in [0.15, 0.2) is 66.7 Å². The maximum atomic E-state index is 10.8. The Balaban J connectivity index is 1.44. The zero-order chi connectivity index (χ0) is 21.6. The molecule has 1 N–H and O–H groups in total. The van der Waals surface area contributed by atoms with Crippen LogP contribution in [0.25, 0.3) is 11.1 Å². The summed E-state index contributed by atoms with van der Waals surface area (Å²) in [6, 6.07) is 23.4. The van der Waals surface area contributed by atoms with Crippen LogP contribution in [0, 0.1) is 0 Å². The molecule has 3 heteroatoms. The van der Waals surface area contributed by atoms with Gasteiger partial charge in [0, 0.05) is 6.42 Å². The number of aliphatic carboxylic acids is 1. The first kappa shape index (κ1) is 21.2. The minimum atomic E-state index is -0.746. The number of carboxylic acids is 1. The normalized spacial score (nSPS) is 14.0. The summed E-state index contributed by atoms with van der Waals surface area (Å²) in [6.45, 7) is 2.58. The first-order valence-corrected chi connectivity index (χ1v) is 11.2. The summed E-state index contributed by atoms with van der Waals surface area (Å²) in [5, 5.41) is 8.87. The summed E-state index contributed by atoms with van der Waals surface area (Å²) < 4.78 is 6.11. The Hall–Kier alpha value is -3.07. The van der Waals surface area contributed by atoms with Crippen LogP contribution in [0.1, 0.15) is 60.8 Å². The van der Waals surface area contributed by atoms with Gasteiger partial charge in [0.15, 0.2) is 0 Å². The molecule has 0 heterocycles. The molecule has 0 aliphatic heterocycles. The zero-order valence-corrected chi connectivity index (χ0v) is 18.1. The SMILES string of the molecule is CC(CCC(=O)O)c1ccc(OCc2ccccc2-c2ccc3c(c2)CCCC3)cc1. The highest BCUT2D eigenvalue weighted by atomic mass is 16.5. The molecule has 160 valence electrons. The summed E-state index contributed by atoms with van der Waals surface area (Å²) in [6.07, 6.45) is 5.80. The molecule has 3 aromatic rings. The molecule has 31 heavy (non-hydrogen) atoms. The van der Waals surface area contributed by atoms with Crippen molar-refractivity contribution in [2.45, 2.75) is 58.0 Å². The molecule has 1 aliphatic rings. The Kier molecular flexibility index (Phi) is 6.71. The average Bonchev–Trinajstić information content (AvgIpc) is 2.81. The highest BCUT2D eigenvalue weighted by Gasteiger charge is 2.13. The summed E-state index contributed by atoms with van der Waals surface area (Å²) in [5.41, 5.74) is 7.81. The molecule has 3 aromatic carbocycles. The lowest BCUT2D eigenvalue weighted by Gasteiger charge is -2.18. The predicted molar refractivity (Wildman–Crippen MR) is 125 cm³/mol. The lowest BCUT2D eigenvalue weighted by atomic mass is 9.88. The van der Waals surface area contributed by atoms with Gasteiger partial charge in [0.1, 0.15) is 12.4 Å². The highest BCUT2D eigenvalue weighted by Crippen LogP contribution is 2.30. The van der Waals surface area contributed by atoms with Gasteiger partial charge >= 0.3 is 5.97 Å². The lowest BCUT2D eigenvalue weighted by molar-refractivity contribution is -0.137. The Labute approximate surface area is 184 Å².